The van der Waals surface area contributed by atoms with Crippen molar-refractivity contribution in [1.82, 2.24) is 0 Å². The molecule has 0 spiro atoms. The SMILES string of the molecule is C=CCOCCOCCS(=O)(=O)[O-].[Li+]. The van der Waals surface area contributed by atoms with Gasteiger partial charge >= 0.3 is 18.9 Å². The van der Waals surface area contributed by atoms with Gasteiger partial charge in [0.2, 0.25) is 0 Å². The monoisotopic (exact) mass is 216 g/mol. The predicted octanol–water partition coefficient (Wildman–Crippen LogP) is -3.25. The van der Waals surface area contributed by atoms with Gasteiger partial charge in [-0.25, -0.2) is 8.42 Å². The first-order valence-electron chi connectivity index (χ1n) is 3.76. The van der Waals surface area contributed by atoms with Gasteiger partial charge < -0.3 is 14.0 Å². The molecule has 5 nitrogen and oxygen atoms in total. The summed E-state index contributed by atoms with van der Waals surface area (Å²) in [4.78, 5) is 0. The fourth-order valence-electron chi connectivity index (χ4n) is 0.548. The molecule has 0 aromatic heterocycles. The van der Waals surface area contributed by atoms with E-state index in [1.807, 2.05) is 0 Å². The van der Waals surface area contributed by atoms with E-state index in [1.54, 1.807) is 6.08 Å². The van der Waals surface area contributed by atoms with E-state index >= 15 is 0 Å². The summed E-state index contributed by atoms with van der Waals surface area (Å²) in [6.45, 7) is 4.44. The molecule has 78 valence electrons. The van der Waals surface area contributed by atoms with Crippen molar-refractivity contribution in [3.63, 3.8) is 0 Å². The largest absolute Gasteiger partial charge is 1.00 e. The molecule has 0 aliphatic carbocycles. The quantitative estimate of drug-likeness (QED) is 0.184. The van der Waals surface area contributed by atoms with Crippen LogP contribution in [0.4, 0.5) is 0 Å². The van der Waals surface area contributed by atoms with E-state index in [9.17, 15) is 13.0 Å². The zero-order valence-electron chi connectivity index (χ0n) is 8.27. The van der Waals surface area contributed by atoms with Crippen molar-refractivity contribution in [3.05, 3.63) is 12.7 Å². The molecule has 0 fully saturated rings. The molecule has 0 rings (SSSR count). The number of hydrogen-bond donors (Lipinski definition) is 0. The molecule has 0 aromatic carbocycles. The van der Waals surface area contributed by atoms with Gasteiger partial charge in [0, 0.05) is 0 Å². The van der Waals surface area contributed by atoms with Gasteiger partial charge in [0.25, 0.3) is 0 Å². The second-order valence-corrected chi connectivity index (χ2v) is 3.76. The zero-order valence-corrected chi connectivity index (χ0v) is 9.09. The second-order valence-electron chi connectivity index (χ2n) is 2.24. The summed E-state index contributed by atoms with van der Waals surface area (Å²) < 4.78 is 40.0. The summed E-state index contributed by atoms with van der Waals surface area (Å²) >= 11 is 0. The molecule has 0 N–H and O–H groups in total. The van der Waals surface area contributed by atoms with Gasteiger partial charge in [-0.15, -0.1) is 6.58 Å². The summed E-state index contributed by atoms with van der Waals surface area (Å²) in [6.07, 6.45) is 1.60. The zero-order chi connectivity index (χ0) is 10.2. The van der Waals surface area contributed by atoms with E-state index < -0.39 is 15.9 Å². The molecule has 0 heterocycles. The van der Waals surface area contributed by atoms with E-state index in [0.29, 0.717) is 13.2 Å². The Morgan fingerprint density at radius 2 is 1.79 bits per heavy atom. The van der Waals surface area contributed by atoms with Crippen molar-refractivity contribution in [1.29, 1.82) is 0 Å². The molecule has 0 bridgehead atoms. The van der Waals surface area contributed by atoms with Gasteiger partial charge in [-0.3, -0.25) is 0 Å². The summed E-state index contributed by atoms with van der Waals surface area (Å²) in [7, 11) is -4.15. The topological polar surface area (TPSA) is 75.7 Å². The number of hydrogen-bond acceptors (Lipinski definition) is 5. The van der Waals surface area contributed by atoms with Gasteiger partial charge in [0.1, 0.15) is 0 Å². The van der Waals surface area contributed by atoms with E-state index in [1.165, 1.54) is 0 Å². The Labute approximate surface area is 96.4 Å². The Hall–Kier alpha value is 0.167. The minimum Gasteiger partial charge on any atom is -0.748 e. The molecule has 0 radical (unpaired) electrons. The molecule has 0 amide bonds. The van der Waals surface area contributed by atoms with E-state index in [0.717, 1.165) is 0 Å². The van der Waals surface area contributed by atoms with Gasteiger partial charge in [0.15, 0.2) is 0 Å². The summed E-state index contributed by atoms with van der Waals surface area (Å²) in [6, 6.07) is 0. The van der Waals surface area contributed by atoms with Crippen LogP contribution in [0.3, 0.4) is 0 Å². The Morgan fingerprint density at radius 1 is 1.21 bits per heavy atom. The fourth-order valence-corrected chi connectivity index (χ4v) is 0.870. The molecule has 0 aromatic rings. The Kier molecular flexibility index (Phi) is 11.5. The summed E-state index contributed by atoms with van der Waals surface area (Å²) in [5.41, 5.74) is 0. The first kappa shape index (κ1) is 16.6. The maximum atomic E-state index is 10.1. The minimum atomic E-state index is -4.15. The molecule has 14 heavy (non-hydrogen) atoms. The Bertz CT molecular complexity index is 226. The van der Waals surface area contributed by atoms with Crippen molar-refractivity contribution in [2.75, 3.05) is 32.2 Å². The third-order valence-electron chi connectivity index (χ3n) is 1.09. The molecular weight excluding hydrogens is 203 g/mol. The predicted molar refractivity (Wildman–Crippen MR) is 46.4 cm³/mol. The van der Waals surface area contributed by atoms with E-state index in [-0.39, 0.29) is 32.1 Å². The van der Waals surface area contributed by atoms with Crippen LogP contribution in [0.25, 0.3) is 0 Å². The normalized spacial score (nSPS) is 10.6. The van der Waals surface area contributed by atoms with Crippen LogP contribution in [0.1, 0.15) is 0 Å². The number of ether oxygens (including phenoxy) is 2. The molecule has 0 saturated carbocycles. The maximum absolute atomic E-state index is 10.1. The van der Waals surface area contributed by atoms with Crippen LogP contribution in [0, 0.1) is 0 Å². The third-order valence-corrected chi connectivity index (χ3v) is 1.75. The molecule has 0 saturated heterocycles. The van der Waals surface area contributed by atoms with Crippen LogP contribution in [0.2, 0.25) is 0 Å². The van der Waals surface area contributed by atoms with Crippen LogP contribution in [-0.4, -0.2) is 45.2 Å². The van der Waals surface area contributed by atoms with Gasteiger partial charge in [-0.05, 0) is 0 Å². The molecule has 0 unspecified atom stereocenters. The van der Waals surface area contributed by atoms with Crippen molar-refractivity contribution in [2.24, 2.45) is 0 Å². The van der Waals surface area contributed by atoms with Crippen LogP contribution >= 0.6 is 0 Å². The second kappa shape index (κ2) is 9.71. The van der Waals surface area contributed by atoms with Crippen LogP contribution in [0.5, 0.6) is 0 Å². The third kappa shape index (κ3) is 14.7. The standard InChI is InChI=1S/C7H14O5S.Li/c1-2-3-11-4-5-12-6-7-13(8,9)10;/h2H,1,3-7H2,(H,8,9,10);/q;+1/p-1. The first-order chi connectivity index (χ1) is 6.06. The van der Waals surface area contributed by atoms with Gasteiger partial charge in [0.05, 0.1) is 42.3 Å². The van der Waals surface area contributed by atoms with E-state index in [4.69, 9.17) is 9.47 Å². The molecule has 0 aliphatic rings. The van der Waals surface area contributed by atoms with Crippen LogP contribution in [-0.2, 0) is 19.6 Å². The van der Waals surface area contributed by atoms with Crippen molar-refractivity contribution in [2.45, 2.75) is 0 Å². The minimum absolute atomic E-state index is 0. The van der Waals surface area contributed by atoms with Crippen LogP contribution in [0.15, 0.2) is 12.7 Å². The summed E-state index contributed by atoms with van der Waals surface area (Å²) in [5.74, 6) is -0.492. The van der Waals surface area contributed by atoms with E-state index in [2.05, 4.69) is 6.58 Å². The van der Waals surface area contributed by atoms with Gasteiger partial charge in [-0.2, -0.15) is 0 Å². The molecule has 7 heteroatoms. The molecular formula is C7H13LiO5S. The first-order valence-corrected chi connectivity index (χ1v) is 5.34. The summed E-state index contributed by atoms with van der Waals surface area (Å²) in [5, 5.41) is 0. The van der Waals surface area contributed by atoms with Gasteiger partial charge in [-0.1, -0.05) is 6.08 Å². The molecule has 0 atom stereocenters. The Balaban J connectivity index is 0. The van der Waals surface area contributed by atoms with Crippen molar-refractivity contribution < 1.29 is 41.3 Å². The number of rotatable bonds is 8. The Morgan fingerprint density at radius 3 is 2.29 bits per heavy atom. The average Bonchev–Trinajstić information content (AvgIpc) is 2.01. The van der Waals surface area contributed by atoms with Crippen molar-refractivity contribution >= 4 is 10.1 Å². The smallest absolute Gasteiger partial charge is 0.748 e. The van der Waals surface area contributed by atoms with Crippen molar-refractivity contribution in [3.8, 4) is 0 Å². The fraction of sp³-hybridized carbons (Fsp3) is 0.714. The maximum Gasteiger partial charge on any atom is 1.00 e. The average molecular weight is 216 g/mol. The molecule has 0 aliphatic heterocycles. The van der Waals surface area contributed by atoms with Crippen LogP contribution < -0.4 is 18.9 Å².